The highest BCUT2D eigenvalue weighted by Gasteiger charge is 2.30. The Hall–Kier alpha value is -5.69. The van der Waals surface area contributed by atoms with Crippen LogP contribution in [0.3, 0.4) is 0 Å². The van der Waals surface area contributed by atoms with Gasteiger partial charge in [0.15, 0.2) is 29.3 Å². The van der Waals surface area contributed by atoms with Crippen molar-refractivity contribution in [3.8, 4) is 11.1 Å². The maximum Gasteiger partial charge on any atom is 0.416 e. The fraction of sp³-hybridized carbons (Fsp3) is 0.286. The number of benzene rings is 4. The molecule has 2 atom stereocenters. The number of halogens is 6. The van der Waals surface area contributed by atoms with Crippen LogP contribution in [0.2, 0.25) is 0 Å². The third kappa shape index (κ3) is 12.4. The molecule has 2 unspecified atom stereocenters. The number of hydrogen-bond donors (Lipinski definition) is 4. The van der Waals surface area contributed by atoms with Crippen molar-refractivity contribution in [3.63, 3.8) is 0 Å². The van der Waals surface area contributed by atoms with Crippen LogP contribution >= 0.6 is 11.8 Å². The number of nitrogens with zero attached hydrogens (tertiary/aromatic N) is 3. The van der Waals surface area contributed by atoms with E-state index in [1.807, 2.05) is 26.0 Å². The summed E-state index contributed by atoms with van der Waals surface area (Å²) in [6.07, 6.45) is -8.96. The van der Waals surface area contributed by atoms with Crippen molar-refractivity contribution in [3.05, 3.63) is 135 Å². The Morgan fingerprint density at radius 2 is 1.37 bits per heavy atom. The second kappa shape index (κ2) is 21.0. The summed E-state index contributed by atoms with van der Waals surface area (Å²) >= 11 is 1.04. The summed E-state index contributed by atoms with van der Waals surface area (Å²) in [6.45, 7) is 6.42. The number of carboxylic acid groups (broad SMARTS) is 2. The molecule has 4 aromatic carbocycles. The SMILES string of the molecule is CCN(CC)CCN(Cc1ccc(-c2ccc(C(F)(F)F)cc2)cc1)C(=O)Cn1c(SCc2cccc(F)c2F)cc(=O)c2ccc(F)cc21.O=C(O)C(O)C(O)C(=O)O. The van der Waals surface area contributed by atoms with E-state index in [2.05, 4.69) is 4.90 Å². The third-order valence-electron chi connectivity index (χ3n) is 9.35. The van der Waals surface area contributed by atoms with E-state index in [1.165, 1.54) is 47.0 Å². The van der Waals surface area contributed by atoms with Gasteiger partial charge in [-0.3, -0.25) is 9.59 Å². The fourth-order valence-electron chi connectivity index (χ4n) is 5.89. The predicted molar refractivity (Wildman–Crippen MR) is 211 cm³/mol. The van der Waals surface area contributed by atoms with Gasteiger partial charge >= 0.3 is 18.1 Å². The number of carboxylic acids is 2. The van der Waals surface area contributed by atoms with Crippen molar-refractivity contribution >= 4 is 40.5 Å². The minimum Gasteiger partial charge on any atom is -0.479 e. The Morgan fingerprint density at radius 3 is 1.92 bits per heavy atom. The number of hydrogen-bond acceptors (Lipinski definition) is 8. The molecule has 0 aliphatic rings. The van der Waals surface area contributed by atoms with Crippen molar-refractivity contribution in [2.45, 2.75) is 56.1 Å². The lowest BCUT2D eigenvalue weighted by Gasteiger charge is -2.28. The number of amides is 1. The zero-order valence-electron chi connectivity index (χ0n) is 32.2. The highest BCUT2D eigenvalue weighted by Crippen LogP contribution is 2.31. The van der Waals surface area contributed by atoms with E-state index in [-0.39, 0.29) is 46.2 Å². The molecule has 5 rings (SSSR count). The van der Waals surface area contributed by atoms with E-state index in [1.54, 1.807) is 17.0 Å². The number of thioether (sulfide) groups is 1. The monoisotopic (exact) mass is 861 g/mol. The number of pyridine rings is 1. The molecule has 4 N–H and O–H groups in total. The number of fused-ring (bicyclic) bond motifs is 1. The zero-order valence-corrected chi connectivity index (χ0v) is 33.0. The van der Waals surface area contributed by atoms with Gasteiger partial charge in [0.1, 0.15) is 12.4 Å². The molecular formula is C42H41F6N3O8S. The summed E-state index contributed by atoms with van der Waals surface area (Å²) in [5.74, 6) is -6.53. The second-order valence-corrected chi connectivity index (χ2v) is 14.3. The van der Waals surface area contributed by atoms with E-state index in [0.717, 1.165) is 54.7 Å². The smallest absolute Gasteiger partial charge is 0.416 e. The molecule has 0 spiro atoms. The topological polar surface area (TPSA) is 161 Å². The molecule has 320 valence electrons. The van der Waals surface area contributed by atoms with Gasteiger partial charge in [-0.15, -0.1) is 11.8 Å². The molecule has 1 heterocycles. The summed E-state index contributed by atoms with van der Waals surface area (Å²) in [5, 5.41) is 33.0. The first-order valence-electron chi connectivity index (χ1n) is 18.3. The summed E-state index contributed by atoms with van der Waals surface area (Å²) in [5.41, 5.74) is 1.22. The molecule has 0 radical (unpaired) electrons. The minimum absolute atomic E-state index is 0.0466. The minimum atomic E-state index is -4.43. The van der Waals surface area contributed by atoms with Gasteiger partial charge in [0, 0.05) is 42.4 Å². The number of alkyl halides is 3. The van der Waals surface area contributed by atoms with Crippen molar-refractivity contribution < 1.29 is 61.2 Å². The maximum atomic E-state index is 14.6. The lowest BCUT2D eigenvalue weighted by molar-refractivity contribution is -0.165. The number of aliphatic hydroxyl groups is 2. The molecule has 11 nitrogen and oxygen atoms in total. The Morgan fingerprint density at radius 1 is 0.783 bits per heavy atom. The number of carbonyl (C=O) groups is 3. The highest BCUT2D eigenvalue weighted by molar-refractivity contribution is 7.98. The van der Waals surface area contributed by atoms with Gasteiger partial charge in [-0.1, -0.05) is 62.4 Å². The lowest BCUT2D eigenvalue weighted by atomic mass is 10.0. The van der Waals surface area contributed by atoms with Gasteiger partial charge in [-0.05, 0) is 66.2 Å². The fourth-order valence-corrected chi connectivity index (χ4v) is 6.93. The van der Waals surface area contributed by atoms with E-state index in [0.29, 0.717) is 24.2 Å². The molecule has 0 fully saturated rings. The van der Waals surface area contributed by atoms with Crippen LogP contribution < -0.4 is 5.43 Å². The first-order chi connectivity index (χ1) is 28.3. The quantitative estimate of drug-likeness (QED) is 0.0626. The molecular weight excluding hydrogens is 821 g/mol. The average Bonchev–Trinajstić information content (AvgIpc) is 3.21. The van der Waals surface area contributed by atoms with Gasteiger partial charge in [-0.25, -0.2) is 22.8 Å². The zero-order chi connectivity index (χ0) is 44.3. The molecule has 0 saturated heterocycles. The van der Waals surface area contributed by atoms with Crippen LogP contribution in [-0.2, 0) is 39.4 Å². The van der Waals surface area contributed by atoms with Crippen LogP contribution in [-0.4, -0.2) is 91.0 Å². The first kappa shape index (κ1) is 47.0. The van der Waals surface area contributed by atoms with Crippen molar-refractivity contribution in [2.24, 2.45) is 0 Å². The van der Waals surface area contributed by atoms with Crippen LogP contribution in [0, 0.1) is 17.5 Å². The number of aliphatic carboxylic acids is 2. The van der Waals surface area contributed by atoms with E-state index in [9.17, 15) is 45.5 Å². The van der Waals surface area contributed by atoms with Crippen molar-refractivity contribution in [1.29, 1.82) is 0 Å². The Kier molecular flexibility index (Phi) is 16.5. The molecule has 0 bridgehead atoms. The molecule has 0 aliphatic heterocycles. The molecule has 5 aromatic rings. The normalized spacial score (nSPS) is 12.4. The Balaban J connectivity index is 0.000000703. The molecule has 0 saturated carbocycles. The molecule has 0 aliphatic carbocycles. The standard InChI is InChI=1S/C38H35F6N3O2S.C4H6O6/c1-3-45(4-2)18-19-46(22-25-8-10-26(11-9-25)27-12-14-29(15-13-27)38(42,43)44)35(49)23-47-33-20-30(39)16-17-31(33)34(48)21-36(47)50-24-28-6-5-7-32(40)37(28)41;5-1(3(7)8)2(6)4(9)10/h5-17,20-21H,3-4,18-19,22-24H2,1-2H3;1-2,5-6H,(H,7,8)(H,9,10). The molecule has 1 aromatic heterocycles. The highest BCUT2D eigenvalue weighted by atomic mass is 32.2. The molecule has 60 heavy (non-hydrogen) atoms. The summed E-state index contributed by atoms with van der Waals surface area (Å²) in [6, 6.07) is 20.9. The van der Waals surface area contributed by atoms with Gasteiger partial charge in [-0.2, -0.15) is 13.2 Å². The second-order valence-electron chi connectivity index (χ2n) is 13.3. The van der Waals surface area contributed by atoms with Gasteiger partial charge in [0.25, 0.3) is 0 Å². The summed E-state index contributed by atoms with van der Waals surface area (Å²) < 4.78 is 83.6. The Labute approximate surface area is 344 Å². The summed E-state index contributed by atoms with van der Waals surface area (Å²) in [4.78, 5) is 50.6. The number of aromatic nitrogens is 1. The largest absolute Gasteiger partial charge is 0.479 e. The number of rotatable bonds is 16. The van der Waals surface area contributed by atoms with Crippen LogP contribution in [0.1, 0.15) is 30.5 Å². The number of likely N-dealkylation sites (N-methyl/N-ethyl adjacent to an activating group) is 1. The summed E-state index contributed by atoms with van der Waals surface area (Å²) in [7, 11) is 0. The number of carbonyl (C=O) groups excluding carboxylic acids is 1. The molecule has 18 heteroatoms. The van der Waals surface area contributed by atoms with Crippen LogP contribution in [0.4, 0.5) is 26.3 Å². The maximum absolute atomic E-state index is 14.6. The van der Waals surface area contributed by atoms with Crippen molar-refractivity contribution in [2.75, 3.05) is 26.2 Å². The lowest BCUT2D eigenvalue weighted by Crippen LogP contribution is -2.40. The van der Waals surface area contributed by atoms with Crippen LogP contribution in [0.25, 0.3) is 22.0 Å². The predicted octanol–water partition coefficient (Wildman–Crippen LogP) is 6.64. The average molecular weight is 862 g/mol. The van der Waals surface area contributed by atoms with Crippen molar-refractivity contribution in [1.82, 2.24) is 14.4 Å². The van der Waals surface area contributed by atoms with Crippen LogP contribution in [0.5, 0.6) is 0 Å². The number of aliphatic hydroxyl groups excluding tert-OH is 2. The van der Waals surface area contributed by atoms with E-state index >= 15 is 0 Å². The van der Waals surface area contributed by atoms with Gasteiger partial charge < -0.3 is 34.8 Å². The van der Waals surface area contributed by atoms with E-state index < -0.39 is 58.8 Å². The van der Waals surface area contributed by atoms with Gasteiger partial charge in [0.05, 0.1) is 16.1 Å². The van der Waals surface area contributed by atoms with Gasteiger partial charge in [0.2, 0.25) is 5.91 Å². The van der Waals surface area contributed by atoms with Crippen LogP contribution in [0.15, 0.2) is 101 Å². The third-order valence-corrected chi connectivity index (χ3v) is 10.4. The molecule has 1 amide bonds. The Bertz CT molecular complexity index is 2320. The first-order valence-corrected chi connectivity index (χ1v) is 19.3. The van der Waals surface area contributed by atoms with E-state index in [4.69, 9.17) is 20.4 Å².